The summed E-state index contributed by atoms with van der Waals surface area (Å²) < 4.78 is 0. The quantitative estimate of drug-likeness (QED) is 0.862. The summed E-state index contributed by atoms with van der Waals surface area (Å²) in [5, 5.41) is 3.23. The van der Waals surface area contributed by atoms with E-state index >= 15 is 0 Å². The third kappa shape index (κ3) is 3.85. The zero-order chi connectivity index (χ0) is 13.8. The molecule has 0 saturated heterocycles. The molecule has 20 heavy (non-hydrogen) atoms. The zero-order valence-electron chi connectivity index (χ0n) is 10.9. The van der Waals surface area contributed by atoms with Crippen LogP contribution in [-0.2, 0) is 22.6 Å². The summed E-state index contributed by atoms with van der Waals surface area (Å²) in [5.41, 5.74) is 7.34. The van der Waals surface area contributed by atoms with Gasteiger partial charge in [0.15, 0.2) is 0 Å². The van der Waals surface area contributed by atoms with Crippen LogP contribution in [-0.4, -0.2) is 36.3 Å². The number of rotatable bonds is 3. The minimum atomic E-state index is -0.325. The van der Waals surface area contributed by atoms with Crippen LogP contribution in [0.15, 0.2) is 18.2 Å². The first-order valence-electron chi connectivity index (χ1n) is 6.12. The molecule has 1 aromatic carbocycles. The topological polar surface area (TPSA) is 75.4 Å². The molecule has 3 N–H and O–H groups in total. The predicted molar refractivity (Wildman–Crippen MR) is 79.9 cm³/mol. The van der Waals surface area contributed by atoms with E-state index < -0.39 is 0 Å². The SMILES string of the molecule is Cl.NCC(=O)NCC(=O)N1CCc2c(Cl)cccc2C1. The molecule has 0 saturated carbocycles. The van der Waals surface area contributed by atoms with Crippen LogP contribution in [0.25, 0.3) is 0 Å². The molecule has 7 heteroatoms. The highest BCUT2D eigenvalue weighted by atomic mass is 35.5. The fraction of sp³-hybridized carbons (Fsp3) is 0.385. The Kier molecular flexibility index (Phi) is 6.26. The normalized spacial score (nSPS) is 13.2. The zero-order valence-corrected chi connectivity index (χ0v) is 12.5. The van der Waals surface area contributed by atoms with Gasteiger partial charge in [-0.05, 0) is 23.6 Å². The Labute approximate surface area is 128 Å². The summed E-state index contributed by atoms with van der Waals surface area (Å²) >= 11 is 6.12. The minimum Gasteiger partial charge on any atom is -0.346 e. The molecule has 2 amide bonds. The van der Waals surface area contributed by atoms with Gasteiger partial charge in [0.25, 0.3) is 0 Å². The summed E-state index contributed by atoms with van der Waals surface area (Å²) in [4.78, 5) is 24.7. The third-order valence-corrected chi connectivity index (χ3v) is 3.54. The Morgan fingerprint density at radius 3 is 2.85 bits per heavy atom. The number of benzene rings is 1. The van der Waals surface area contributed by atoms with Gasteiger partial charge in [-0.25, -0.2) is 0 Å². The van der Waals surface area contributed by atoms with Crippen molar-refractivity contribution in [3.05, 3.63) is 34.3 Å². The lowest BCUT2D eigenvalue weighted by molar-refractivity contribution is -0.133. The lowest BCUT2D eigenvalue weighted by Gasteiger charge is -2.29. The molecular weight excluding hydrogens is 301 g/mol. The van der Waals surface area contributed by atoms with Crippen molar-refractivity contribution in [2.75, 3.05) is 19.6 Å². The van der Waals surface area contributed by atoms with Crippen molar-refractivity contribution in [3.8, 4) is 0 Å². The predicted octanol–water partition coefficient (Wildman–Crippen LogP) is 0.721. The van der Waals surface area contributed by atoms with E-state index in [0.717, 1.165) is 22.6 Å². The van der Waals surface area contributed by atoms with E-state index in [1.54, 1.807) is 4.90 Å². The van der Waals surface area contributed by atoms with Crippen molar-refractivity contribution in [2.45, 2.75) is 13.0 Å². The fourth-order valence-electron chi connectivity index (χ4n) is 2.13. The Hall–Kier alpha value is -1.30. The maximum Gasteiger partial charge on any atom is 0.242 e. The molecule has 0 spiro atoms. The molecule has 0 radical (unpaired) electrons. The van der Waals surface area contributed by atoms with Gasteiger partial charge in [-0.2, -0.15) is 0 Å². The maximum atomic E-state index is 12.0. The van der Waals surface area contributed by atoms with Crippen LogP contribution in [0.3, 0.4) is 0 Å². The molecule has 0 fully saturated rings. The first-order chi connectivity index (χ1) is 9.11. The molecule has 1 aromatic rings. The second kappa shape index (κ2) is 7.47. The summed E-state index contributed by atoms with van der Waals surface area (Å²) in [6, 6.07) is 5.71. The third-order valence-electron chi connectivity index (χ3n) is 3.18. The van der Waals surface area contributed by atoms with E-state index in [4.69, 9.17) is 17.3 Å². The van der Waals surface area contributed by atoms with Crippen molar-refractivity contribution in [2.24, 2.45) is 5.73 Å². The maximum absolute atomic E-state index is 12.0. The van der Waals surface area contributed by atoms with E-state index in [1.165, 1.54) is 0 Å². The van der Waals surface area contributed by atoms with Crippen molar-refractivity contribution in [1.29, 1.82) is 0 Å². The number of halogens is 2. The van der Waals surface area contributed by atoms with Gasteiger partial charge in [0.05, 0.1) is 13.1 Å². The van der Waals surface area contributed by atoms with E-state index in [-0.39, 0.29) is 37.3 Å². The number of fused-ring (bicyclic) bond motifs is 1. The van der Waals surface area contributed by atoms with Crippen molar-refractivity contribution < 1.29 is 9.59 Å². The molecule has 0 aliphatic carbocycles. The minimum absolute atomic E-state index is 0. The molecule has 110 valence electrons. The summed E-state index contributed by atoms with van der Waals surface area (Å²) in [6.07, 6.45) is 0.742. The molecule has 0 bridgehead atoms. The number of amides is 2. The second-order valence-corrected chi connectivity index (χ2v) is 4.83. The van der Waals surface area contributed by atoms with Crippen molar-refractivity contribution >= 4 is 35.8 Å². The van der Waals surface area contributed by atoms with Gasteiger partial charge >= 0.3 is 0 Å². The average Bonchev–Trinajstić information content (AvgIpc) is 2.44. The van der Waals surface area contributed by atoms with Gasteiger partial charge in [0.2, 0.25) is 11.8 Å². The van der Waals surface area contributed by atoms with Crippen LogP contribution in [0, 0.1) is 0 Å². The first kappa shape index (κ1) is 16.8. The smallest absolute Gasteiger partial charge is 0.242 e. The molecule has 0 unspecified atom stereocenters. The number of hydrogen-bond donors (Lipinski definition) is 2. The van der Waals surface area contributed by atoms with E-state index in [2.05, 4.69) is 5.32 Å². The number of carbonyl (C=O) groups is 2. The number of nitrogens with two attached hydrogens (primary N) is 1. The summed E-state index contributed by atoms with van der Waals surface area (Å²) in [6.45, 7) is 1.04. The largest absolute Gasteiger partial charge is 0.346 e. The highest BCUT2D eigenvalue weighted by Crippen LogP contribution is 2.25. The fourth-order valence-corrected chi connectivity index (χ4v) is 2.42. The van der Waals surface area contributed by atoms with Crippen LogP contribution < -0.4 is 11.1 Å². The van der Waals surface area contributed by atoms with Crippen LogP contribution in [0.5, 0.6) is 0 Å². The van der Waals surface area contributed by atoms with Crippen LogP contribution in [0.2, 0.25) is 5.02 Å². The van der Waals surface area contributed by atoms with Gasteiger partial charge in [0, 0.05) is 18.1 Å². The molecule has 5 nitrogen and oxygen atoms in total. The van der Waals surface area contributed by atoms with Crippen LogP contribution in [0.1, 0.15) is 11.1 Å². The number of nitrogens with zero attached hydrogens (tertiary/aromatic N) is 1. The van der Waals surface area contributed by atoms with Gasteiger partial charge in [0.1, 0.15) is 0 Å². The number of nitrogens with one attached hydrogen (secondary N) is 1. The molecule has 1 aliphatic heterocycles. The molecule has 0 atom stereocenters. The van der Waals surface area contributed by atoms with Gasteiger partial charge in [-0.3, -0.25) is 9.59 Å². The molecule has 0 aromatic heterocycles. The van der Waals surface area contributed by atoms with E-state index in [1.807, 2.05) is 18.2 Å². The monoisotopic (exact) mass is 317 g/mol. The number of hydrogen-bond acceptors (Lipinski definition) is 3. The molecular formula is C13H17Cl2N3O2. The lowest BCUT2D eigenvalue weighted by atomic mass is 10.00. The Bertz CT molecular complexity index is 508. The average molecular weight is 318 g/mol. The second-order valence-electron chi connectivity index (χ2n) is 4.42. The van der Waals surface area contributed by atoms with Gasteiger partial charge in [-0.1, -0.05) is 23.7 Å². The highest BCUT2D eigenvalue weighted by molar-refractivity contribution is 6.31. The summed E-state index contributed by atoms with van der Waals surface area (Å²) in [7, 11) is 0. The van der Waals surface area contributed by atoms with Crippen LogP contribution >= 0.6 is 24.0 Å². The molecule has 1 aliphatic rings. The highest BCUT2D eigenvalue weighted by Gasteiger charge is 2.21. The van der Waals surface area contributed by atoms with Crippen LogP contribution in [0.4, 0.5) is 0 Å². The van der Waals surface area contributed by atoms with Crippen molar-refractivity contribution in [3.63, 3.8) is 0 Å². The van der Waals surface area contributed by atoms with Crippen molar-refractivity contribution in [1.82, 2.24) is 10.2 Å². The standard InChI is InChI=1S/C13H16ClN3O2.ClH/c14-11-3-1-2-9-8-17(5-4-10(9)11)13(19)7-16-12(18)6-15;/h1-3H,4-8,15H2,(H,16,18);1H. The lowest BCUT2D eigenvalue weighted by Crippen LogP contribution is -2.43. The van der Waals surface area contributed by atoms with Gasteiger partial charge in [-0.15, -0.1) is 12.4 Å². The Morgan fingerprint density at radius 1 is 1.40 bits per heavy atom. The summed E-state index contributed by atoms with van der Waals surface area (Å²) in [5.74, 6) is -0.429. The number of carbonyl (C=O) groups excluding carboxylic acids is 2. The molecule has 2 rings (SSSR count). The first-order valence-corrected chi connectivity index (χ1v) is 6.50. The van der Waals surface area contributed by atoms with Gasteiger partial charge < -0.3 is 16.0 Å². The van der Waals surface area contributed by atoms with E-state index in [0.29, 0.717) is 13.1 Å². The Morgan fingerprint density at radius 2 is 2.15 bits per heavy atom. The van der Waals surface area contributed by atoms with E-state index in [9.17, 15) is 9.59 Å². The molecule has 1 heterocycles. The Balaban J connectivity index is 0.00000200.